The number of aryl methyl sites for hydroxylation is 1. The van der Waals surface area contributed by atoms with Gasteiger partial charge in [0.1, 0.15) is 10.8 Å². The van der Waals surface area contributed by atoms with Crippen molar-refractivity contribution in [3.63, 3.8) is 0 Å². The van der Waals surface area contributed by atoms with Gasteiger partial charge in [-0.15, -0.1) is 0 Å². The summed E-state index contributed by atoms with van der Waals surface area (Å²) in [5.74, 6) is -0.383. The third-order valence-corrected chi connectivity index (χ3v) is 3.38. The second-order valence-electron chi connectivity index (χ2n) is 4.87. The minimum Gasteiger partial charge on any atom is -0.389 e. The number of nitrogens with two attached hydrogens (primary N) is 1. The monoisotopic (exact) mass is 288 g/mol. The molecule has 0 saturated carbocycles. The van der Waals surface area contributed by atoms with Gasteiger partial charge >= 0.3 is 0 Å². The highest BCUT2D eigenvalue weighted by atomic mass is 32.1. The Kier molecular flexibility index (Phi) is 4.35. The fraction of sp³-hybridized carbons (Fsp3) is 0.188. The predicted molar refractivity (Wildman–Crippen MR) is 85.6 cm³/mol. The number of halogens is 1. The van der Waals surface area contributed by atoms with Crippen molar-refractivity contribution in [1.29, 1.82) is 0 Å². The lowest BCUT2D eigenvalue weighted by Crippen LogP contribution is -2.18. The van der Waals surface area contributed by atoms with Crippen molar-refractivity contribution in [1.82, 2.24) is 0 Å². The molecule has 0 heterocycles. The molecule has 2 rings (SSSR count). The van der Waals surface area contributed by atoms with Gasteiger partial charge in [-0.3, -0.25) is 0 Å². The van der Waals surface area contributed by atoms with Crippen LogP contribution in [0.2, 0.25) is 0 Å². The average molecular weight is 288 g/mol. The molecule has 2 nitrogen and oxygen atoms in total. The molecular weight excluding hydrogens is 271 g/mol. The topological polar surface area (TPSA) is 29.3 Å². The highest BCUT2D eigenvalue weighted by molar-refractivity contribution is 7.80. The predicted octanol–water partition coefficient (Wildman–Crippen LogP) is 3.40. The van der Waals surface area contributed by atoms with Crippen molar-refractivity contribution in [2.45, 2.75) is 13.5 Å². The van der Waals surface area contributed by atoms with Gasteiger partial charge in [0.2, 0.25) is 0 Å². The van der Waals surface area contributed by atoms with Gasteiger partial charge in [-0.2, -0.15) is 0 Å². The van der Waals surface area contributed by atoms with E-state index in [0.29, 0.717) is 6.54 Å². The Labute approximate surface area is 124 Å². The van der Waals surface area contributed by atoms with Gasteiger partial charge in [0.25, 0.3) is 0 Å². The fourth-order valence-corrected chi connectivity index (χ4v) is 2.28. The summed E-state index contributed by atoms with van der Waals surface area (Å²) in [6.07, 6.45) is 0. The number of hydrogen-bond donors (Lipinski definition) is 1. The number of nitrogens with zero attached hydrogens (tertiary/aromatic N) is 1. The Hall–Kier alpha value is -1.94. The average Bonchev–Trinajstić information content (AvgIpc) is 2.38. The Balaban J connectivity index is 2.19. The van der Waals surface area contributed by atoms with Crippen LogP contribution in [0, 0.1) is 12.7 Å². The normalized spacial score (nSPS) is 10.3. The molecule has 0 aliphatic heterocycles. The minimum absolute atomic E-state index is 0.0791. The maximum absolute atomic E-state index is 13.9. The molecule has 0 spiro atoms. The number of thiocarbonyl (C=S) groups is 1. The van der Waals surface area contributed by atoms with Crippen LogP contribution in [0.25, 0.3) is 0 Å². The van der Waals surface area contributed by atoms with Crippen LogP contribution in [0.4, 0.5) is 10.1 Å². The highest BCUT2D eigenvalue weighted by Gasteiger charge is 2.09. The molecule has 0 aliphatic rings. The molecule has 2 aromatic carbocycles. The van der Waals surface area contributed by atoms with Crippen LogP contribution in [-0.4, -0.2) is 12.0 Å². The molecule has 0 radical (unpaired) electrons. The summed E-state index contributed by atoms with van der Waals surface area (Å²) < 4.78 is 13.9. The second kappa shape index (κ2) is 6.01. The molecule has 0 aliphatic carbocycles. The zero-order chi connectivity index (χ0) is 14.7. The van der Waals surface area contributed by atoms with Crippen molar-refractivity contribution in [2.75, 3.05) is 11.9 Å². The van der Waals surface area contributed by atoms with E-state index in [1.165, 1.54) is 17.2 Å². The lowest BCUT2D eigenvalue weighted by Gasteiger charge is -2.20. The summed E-state index contributed by atoms with van der Waals surface area (Å²) >= 11 is 4.80. The van der Waals surface area contributed by atoms with Crippen LogP contribution in [0.15, 0.2) is 42.5 Å². The second-order valence-corrected chi connectivity index (χ2v) is 5.31. The third kappa shape index (κ3) is 3.33. The van der Waals surface area contributed by atoms with Gasteiger partial charge in [0, 0.05) is 24.8 Å². The Morgan fingerprint density at radius 2 is 2.00 bits per heavy atom. The first-order chi connectivity index (χ1) is 9.47. The molecule has 2 N–H and O–H groups in total. The van der Waals surface area contributed by atoms with Crippen LogP contribution < -0.4 is 10.6 Å². The summed E-state index contributed by atoms with van der Waals surface area (Å²) in [6, 6.07) is 13.2. The van der Waals surface area contributed by atoms with Gasteiger partial charge < -0.3 is 10.6 Å². The molecule has 0 unspecified atom stereocenters. The molecular formula is C16H17FN2S. The zero-order valence-corrected chi connectivity index (χ0v) is 12.4. The van der Waals surface area contributed by atoms with Crippen molar-refractivity contribution in [3.8, 4) is 0 Å². The standard InChI is InChI=1S/C16H17FN2S/c1-11-4-3-5-12(8-11)10-19(2)13-6-7-14(16(18)20)15(17)9-13/h3-9H,10H2,1-2H3,(H2,18,20). The molecule has 0 atom stereocenters. The molecule has 0 aromatic heterocycles. The molecule has 0 fully saturated rings. The quantitative estimate of drug-likeness (QED) is 0.874. The van der Waals surface area contributed by atoms with Crippen molar-refractivity contribution in [2.24, 2.45) is 5.73 Å². The SMILES string of the molecule is Cc1cccc(CN(C)c2ccc(C(N)=S)c(F)c2)c1. The first kappa shape index (κ1) is 14.5. The molecule has 0 saturated heterocycles. The number of anilines is 1. The van der Waals surface area contributed by atoms with Gasteiger partial charge in [0.15, 0.2) is 0 Å². The summed E-state index contributed by atoms with van der Waals surface area (Å²) in [4.78, 5) is 2.07. The fourth-order valence-electron chi connectivity index (χ4n) is 2.12. The van der Waals surface area contributed by atoms with Crippen molar-refractivity contribution < 1.29 is 4.39 Å². The van der Waals surface area contributed by atoms with E-state index in [4.69, 9.17) is 18.0 Å². The Morgan fingerprint density at radius 1 is 1.25 bits per heavy atom. The van der Waals surface area contributed by atoms with E-state index in [1.807, 2.05) is 24.1 Å². The summed E-state index contributed by atoms with van der Waals surface area (Å²) in [6.45, 7) is 2.77. The van der Waals surface area contributed by atoms with Crippen LogP contribution in [-0.2, 0) is 6.54 Å². The summed E-state index contributed by atoms with van der Waals surface area (Å²) in [5, 5.41) is 0. The molecule has 0 amide bonds. The van der Waals surface area contributed by atoms with Crippen molar-refractivity contribution >= 4 is 22.9 Å². The Morgan fingerprint density at radius 3 is 2.60 bits per heavy atom. The highest BCUT2D eigenvalue weighted by Crippen LogP contribution is 2.19. The Bertz CT molecular complexity index is 640. The van der Waals surface area contributed by atoms with Gasteiger partial charge in [-0.1, -0.05) is 42.0 Å². The molecule has 104 valence electrons. The lowest BCUT2D eigenvalue weighted by atomic mass is 10.1. The number of hydrogen-bond acceptors (Lipinski definition) is 2. The van der Waals surface area contributed by atoms with E-state index in [-0.39, 0.29) is 16.4 Å². The third-order valence-electron chi connectivity index (χ3n) is 3.16. The first-order valence-electron chi connectivity index (χ1n) is 6.33. The number of benzene rings is 2. The molecule has 20 heavy (non-hydrogen) atoms. The maximum Gasteiger partial charge on any atom is 0.135 e. The van der Waals surface area contributed by atoms with E-state index in [2.05, 4.69) is 25.1 Å². The number of rotatable bonds is 4. The van der Waals surface area contributed by atoms with Crippen LogP contribution in [0.3, 0.4) is 0 Å². The van der Waals surface area contributed by atoms with Gasteiger partial charge in [-0.25, -0.2) is 4.39 Å². The maximum atomic E-state index is 13.9. The molecule has 2 aromatic rings. The van der Waals surface area contributed by atoms with Gasteiger partial charge in [-0.05, 0) is 30.7 Å². The van der Waals surface area contributed by atoms with Crippen molar-refractivity contribution in [3.05, 3.63) is 65.0 Å². The first-order valence-corrected chi connectivity index (χ1v) is 6.74. The van der Waals surface area contributed by atoms with Crippen LogP contribution >= 0.6 is 12.2 Å². The van der Waals surface area contributed by atoms with E-state index in [9.17, 15) is 4.39 Å². The summed E-state index contributed by atoms with van der Waals surface area (Å²) in [7, 11) is 1.93. The van der Waals surface area contributed by atoms with Crippen LogP contribution in [0.1, 0.15) is 16.7 Å². The van der Waals surface area contributed by atoms with Gasteiger partial charge in [0.05, 0.1) is 0 Å². The molecule has 0 bridgehead atoms. The van der Waals surface area contributed by atoms with Crippen LogP contribution in [0.5, 0.6) is 0 Å². The van der Waals surface area contributed by atoms with E-state index in [1.54, 1.807) is 6.07 Å². The lowest BCUT2D eigenvalue weighted by molar-refractivity contribution is 0.625. The minimum atomic E-state index is -0.383. The summed E-state index contributed by atoms with van der Waals surface area (Å²) in [5.41, 5.74) is 8.94. The molecule has 4 heteroatoms. The largest absolute Gasteiger partial charge is 0.389 e. The zero-order valence-electron chi connectivity index (χ0n) is 11.6. The van der Waals surface area contributed by atoms with E-state index >= 15 is 0 Å². The smallest absolute Gasteiger partial charge is 0.135 e. The van der Waals surface area contributed by atoms with E-state index in [0.717, 1.165) is 5.69 Å². The van der Waals surface area contributed by atoms with E-state index < -0.39 is 0 Å².